The van der Waals surface area contributed by atoms with Gasteiger partial charge in [0.2, 0.25) is 0 Å². The maximum absolute atomic E-state index is 12.3. The second kappa shape index (κ2) is 6.91. The average Bonchev–Trinajstić information content (AvgIpc) is 3.33. The zero-order chi connectivity index (χ0) is 18.8. The highest BCUT2D eigenvalue weighted by Gasteiger charge is 2.23. The summed E-state index contributed by atoms with van der Waals surface area (Å²) in [7, 11) is 0. The van der Waals surface area contributed by atoms with Crippen LogP contribution in [0.25, 0.3) is 5.69 Å². The first-order chi connectivity index (χ1) is 13.1. The molecule has 136 valence electrons. The minimum Gasteiger partial charge on any atom is -0.488 e. The minimum atomic E-state index is -0.472. The summed E-state index contributed by atoms with van der Waals surface area (Å²) in [5.74, 6) is 0.533. The van der Waals surface area contributed by atoms with Gasteiger partial charge in [0.1, 0.15) is 11.9 Å². The van der Waals surface area contributed by atoms with Crippen molar-refractivity contribution in [3.8, 4) is 11.4 Å². The molecule has 0 radical (unpaired) electrons. The van der Waals surface area contributed by atoms with Crippen LogP contribution in [0.3, 0.4) is 0 Å². The number of non-ortho nitro benzene ring substituents is 1. The van der Waals surface area contributed by atoms with E-state index in [1.165, 1.54) is 16.8 Å². The fourth-order valence-electron chi connectivity index (χ4n) is 3.00. The van der Waals surface area contributed by atoms with Crippen molar-refractivity contribution >= 4 is 11.6 Å². The maximum Gasteiger partial charge on any atom is 0.271 e. The first-order valence-electron chi connectivity index (χ1n) is 8.43. The molecule has 4 rings (SSSR count). The zero-order valence-electron chi connectivity index (χ0n) is 14.2. The van der Waals surface area contributed by atoms with Gasteiger partial charge in [-0.05, 0) is 23.8 Å². The minimum absolute atomic E-state index is 0.0352. The number of carbonyl (C=O) groups is 1. The summed E-state index contributed by atoms with van der Waals surface area (Å²) in [6.45, 7) is 0.372. The quantitative estimate of drug-likeness (QED) is 0.554. The fourth-order valence-corrected chi connectivity index (χ4v) is 3.00. The predicted octanol–water partition coefficient (Wildman–Crippen LogP) is 2.51. The molecular formula is C19H16N4O4. The second-order valence-electron chi connectivity index (χ2n) is 6.18. The molecule has 0 aliphatic carbocycles. The molecule has 0 bridgehead atoms. The summed E-state index contributed by atoms with van der Waals surface area (Å²) in [5.41, 5.74) is 1.84. The van der Waals surface area contributed by atoms with Gasteiger partial charge in [0, 0.05) is 24.8 Å². The van der Waals surface area contributed by atoms with E-state index in [0.29, 0.717) is 12.2 Å². The number of para-hydroxylation sites is 1. The number of rotatable bonds is 5. The summed E-state index contributed by atoms with van der Waals surface area (Å²) < 4.78 is 7.23. The van der Waals surface area contributed by atoms with Crippen molar-refractivity contribution in [2.45, 2.75) is 12.5 Å². The van der Waals surface area contributed by atoms with Crippen molar-refractivity contribution in [2.75, 3.05) is 6.54 Å². The van der Waals surface area contributed by atoms with Gasteiger partial charge < -0.3 is 10.1 Å². The van der Waals surface area contributed by atoms with Gasteiger partial charge >= 0.3 is 0 Å². The maximum atomic E-state index is 12.3. The lowest BCUT2D eigenvalue weighted by molar-refractivity contribution is -0.384. The van der Waals surface area contributed by atoms with E-state index in [2.05, 4.69) is 10.4 Å². The Bertz CT molecular complexity index is 989. The summed E-state index contributed by atoms with van der Waals surface area (Å²) in [6, 6.07) is 15.4. The molecule has 0 unspecified atom stereocenters. The lowest BCUT2D eigenvalue weighted by atomic mass is 10.1. The van der Waals surface area contributed by atoms with Crippen LogP contribution in [0.5, 0.6) is 5.75 Å². The van der Waals surface area contributed by atoms with Crippen molar-refractivity contribution in [1.29, 1.82) is 0 Å². The molecular weight excluding hydrogens is 348 g/mol. The third kappa shape index (κ3) is 3.50. The highest BCUT2D eigenvalue weighted by Crippen LogP contribution is 2.27. The van der Waals surface area contributed by atoms with Crippen LogP contribution in [-0.2, 0) is 6.42 Å². The Morgan fingerprint density at radius 3 is 2.93 bits per heavy atom. The van der Waals surface area contributed by atoms with E-state index in [0.717, 1.165) is 17.7 Å². The van der Waals surface area contributed by atoms with E-state index in [4.69, 9.17) is 4.74 Å². The van der Waals surface area contributed by atoms with Crippen molar-refractivity contribution in [1.82, 2.24) is 15.1 Å². The largest absolute Gasteiger partial charge is 0.488 e. The summed E-state index contributed by atoms with van der Waals surface area (Å²) in [5, 5.41) is 17.9. The standard InChI is InChI=1S/C19H16N4O4/c24-19(20-12-16-10-13-4-1-2-7-18(13)27-16)17-8-9-22(21-17)14-5-3-6-15(11-14)23(25)26/h1-9,11,16H,10,12H2,(H,20,24)/t16-/m1/s1. The molecule has 0 saturated heterocycles. The Morgan fingerprint density at radius 2 is 2.11 bits per heavy atom. The van der Waals surface area contributed by atoms with E-state index in [1.807, 2.05) is 24.3 Å². The fraction of sp³-hybridized carbons (Fsp3) is 0.158. The van der Waals surface area contributed by atoms with Gasteiger partial charge in [-0.2, -0.15) is 5.10 Å². The molecule has 8 heteroatoms. The van der Waals surface area contributed by atoms with Crippen molar-refractivity contribution in [3.63, 3.8) is 0 Å². The lowest BCUT2D eigenvalue weighted by Crippen LogP contribution is -2.34. The van der Waals surface area contributed by atoms with Gasteiger partial charge in [0.05, 0.1) is 17.2 Å². The number of fused-ring (bicyclic) bond motifs is 1. The molecule has 2 aromatic carbocycles. The third-order valence-corrected chi connectivity index (χ3v) is 4.33. The smallest absolute Gasteiger partial charge is 0.271 e. The Morgan fingerprint density at radius 1 is 1.26 bits per heavy atom. The number of carbonyl (C=O) groups excluding carboxylic acids is 1. The molecule has 1 aliphatic rings. The zero-order valence-corrected chi connectivity index (χ0v) is 14.2. The van der Waals surface area contributed by atoms with Crippen LogP contribution in [0.2, 0.25) is 0 Å². The first kappa shape index (κ1) is 16.8. The molecule has 1 atom stereocenters. The highest BCUT2D eigenvalue weighted by atomic mass is 16.6. The van der Waals surface area contributed by atoms with Crippen LogP contribution in [0.4, 0.5) is 5.69 Å². The van der Waals surface area contributed by atoms with E-state index in [9.17, 15) is 14.9 Å². The Kier molecular flexibility index (Phi) is 4.29. The van der Waals surface area contributed by atoms with Gasteiger partial charge in [-0.3, -0.25) is 14.9 Å². The van der Waals surface area contributed by atoms with Crippen molar-refractivity contribution < 1.29 is 14.5 Å². The monoisotopic (exact) mass is 364 g/mol. The van der Waals surface area contributed by atoms with Gasteiger partial charge in [0.15, 0.2) is 5.69 Å². The Labute approximate surface area is 154 Å². The number of nitrogens with one attached hydrogen (secondary N) is 1. The van der Waals surface area contributed by atoms with Gasteiger partial charge in [-0.25, -0.2) is 4.68 Å². The number of hydrogen-bond donors (Lipinski definition) is 1. The third-order valence-electron chi connectivity index (χ3n) is 4.33. The molecule has 1 N–H and O–H groups in total. The lowest BCUT2D eigenvalue weighted by Gasteiger charge is -2.11. The summed E-state index contributed by atoms with van der Waals surface area (Å²) in [6.07, 6.45) is 2.24. The van der Waals surface area contributed by atoms with E-state index < -0.39 is 4.92 Å². The average molecular weight is 364 g/mol. The van der Waals surface area contributed by atoms with E-state index in [-0.39, 0.29) is 23.4 Å². The molecule has 0 saturated carbocycles. The molecule has 1 aromatic heterocycles. The number of aromatic nitrogens is 2. The van der Waals surface area contributed by atoms with Gasteiger partial charge in [0.25, 0.3) is 11.6 Å². The second-order valence-corrected chi connectivity index (χ2v) is 6.18. The predicted molar refractivity (Wildman–Crippen MR) is 97.1 cm³/mol. The number of benzene rings is 2. The van der Waals surface area contributed by atoms with Crippen LogP contribution in [-0.4, -0.2) is 33.3 Å². The normalized spacial score (nSPS) is 15.0. The number of amides is 1. The van der Waals surface area contributed by atoms with Crippen LogP contribution in [0.15, 0.2) is 60.8 Å². The Balaban J connectivity index is 1.39. The molecule has 0 spiro atoms. The summed E-state index contributed by atoms with van der Waals surface area (Å²) >= 11 is 0. The number of nitro groups is 1. The number of hydrogen-bond acceptors (Lipinski definition) is 5. The molecule has 8 nitrogen and oxygen atoms in total. The molecule has 27 heavy (non-hydrogen) atoms. The summed E-state index contributed by atoms with van der Waals surface area (Å²) in [4.78, 5) is 22.8. The molecule has 1 amide bonds. The topological polar surface area (TPSA) is 99.3 Å². The molecule has 2 heterocycles. The van der Waals surface area contributed by atoms with Crippen molar-refractivity contribution in [2.24, 2.45) is 0 Å². The van der Waals surface area contributed by atoms with Gasteiger partial charge in [-0.1, -0.05) is 24.3 Å². The number of nitrogens with zero attached hydrogens (tertiary/aromatic N) is 3. The molecule has 0 fully saturated rings. The number of ether oxygens (including phenoxy) is 1. The first-order valence-corrected chi connectivity index (χ1v) is 8.43. The van der Waals surface area contributed by atoms with Crippen LogP contribution in [0, 0.1) is 10.1 Å². The molecule has 3 aromatic rings. The number of nitro benzene ring substituents is 1. The van der Waals surface area contributed by atoms with Crippen LogP contribution >= 0.6 is 0 Å². The van der Waals surface area contributed by atoms with Crippen LogP contribution < -0.4 is 10.1 Å². The van der Waals surface area contributed by atoms with Gasteiger partial charge in [-0.15, -0.1) is 0 Å². The SMILES string of the molecule is O=C(NC[C@H]1Cc2ccccc2O1)c1ccn(-c2cccc([N+](=O)[O-])c2)n1. The van der Waals surface area contributed by atoms with E-state index in [1.54, 1.807) is 24.4 Å². The van der Waals surface area contributed by atoms with Crippen LogP contribution in [0.1, 0.15) is 16.1 Å². The highest BCUT2D eigenvalue weighted by molar-refractivity contribution is 5.92. The van der Waals surface area contributed by atoms with E-state index >= 15 is 0 Å². The Hall–Kier alpha value is -3.68. The van der Waals surface area contributed by atoms with Crippen molar-refractivity contribution in [3.05, 3.63) is 82.2 Å². The molecule has 1 aliphatic heterocycles.